The Bertz CT molecular complexity index is 1770. The summed E-state index contributed by atoms with van der Waals surface area (Å²) in [7, 11) is -8.27. The van der Waals surface area contributed by atoms with E-state index in [1.165, 1.54) is 0 Å². The number of halogens is 7. The van der Waals surface area contributed by atoms with Crippen molar-refractivity contribution in [2.45, 2.75) is 114 Å². The predicted molar refractivity (Wildman–Crippen MR) is 184 cm³/mol. The van der Waals surface area contributed by atoms with Gasteiger partial charge in [0, 0.05) is 11.1 Å². The highest BCUT2D eigenvalue weighted by Crippen LogP contribution is 2.38. The lowest BCUT2D eigenvalue weighted by atomic mass is 10.0. The van der Waals surface area contributed by atoms with Crippen LogP contribution in [0, 0.1) is 0 Å². The number of nitrogens with zero attached hydrogens (tertiary/aromatic N) is 1. The fraction of sp³-hybridized carbons (Fsp3) is 0.545. The number of hydrogen-bond donors (Lipinski definition) is 2. The highest BCUT2D eigenvalue weighted by atomic mass is 35.5. The Kier molecular flexibility index (Phi) is 17.6. The zero-order valence-electron chi connectivity index (χ0n) is 28.8. The molecule has 1 amide bonds. The van der Waals surface area contributed by atoms with E-state index in [0.29, 0.717) is 31.4 Å². The molecule has 4 N–H and O–H groups in total. The molecule has 18 heteroatoms. The van der Waals surface area contributed by atoms with Crippen molar-refractivity contribution in [1.82, 2.24) is 0 Å². The van der Waals surface area contributed by atoms with Crippen molar-refractivity contribution >= 4 is 48.4 Å². The van der Waals surface area contributed by atoms with Gasteiger partial charge in [0.05, 0.1) is 32.4 Å². The molecule has 0 radical (unpaired) electrons. The monoisotopic (exact) mass is 791 g/mol. The van der Waals surface area contributed by atoms with Gasteiger partial charge < -0.3 is 11.5 Å². The maximum absolute atomic E-state index is 13.5. The summed E-state index contributed by atoms with van der Waals surface area (Å²) in [5.74, 6) is -2.39. The van der Waals surface area contributed by atoms with Gasteiger partial charge in [0.2, 0.25) is 0 Å². The van der Waals surface area contributed by atoms with Gasteiger partial charge in [0.15, 0.2) is 25.6 Å². The molecule has 0 saturated heterocycles. The van der Waals surface area contributed by atoms with Crippen LogP contribution in [0.15, 0.2) is 39.0 Å². The molecule has 2 rings (SSSR count). The van der Waals surface area contributed by atoms with Crippen molar-refractivity contribution in [3.05, 3.63) is 57.6 Å². The molecule has 0 unspecified atom stereocenters. The molecule has 0 aliphatic carbocycles. The smallest absolute Gasteiger partial charge is 0.370 e. The van der Waals surface area contributed by atoms with E-state index in [4.69, 9.17) is 23.1 Å². The summed E-state index contributed by atoms with van der Waals surface area (Å²) in [6.45, 7) is 7.10. The second-order valence-electron chi connectivity index (χ2n) is 11.6. The van der Waals surface area contributed by atoms with Gasteiger partial charge in [-0.05, 0) is 72.7 Å². The maximum atomic E-state index is 13.5. The van der Waals surface area contributed by atoms with Crippen molar-refractivity contribution in [3.8, 4) is 0 Å². The van der Waals surface area contributed by atoms with Crippen LogP contribution in [0.1, 0.15) is 122 Å². The van der Waals surface area contributed by atoms with Gasteiger partial charge in [0.25, 0.3) is 11.1 Å². The molecule has 51 heavy (non-hydrogen) atoms. The lowest BCUT2D eigenvalue weighted by molar-refractivity contribution is -0.140. The molecule has 0 aromatic heterocycles. The number of sulfone groups is 2. The number of rotatable bonds is 16. The largest absolute Gasteiger partial charge is 0.417 e. The maximum Gasteiger partial charge on any atom is 0.417 e. The number of aliphatic imine (C=N–C) groups is 1. The summed E-state index contributed by atoms with van der Waals surface area (Å²) in [6, 6.07) is 2.92. The number of aryl methyl sites for hydroxylation is 2. The molecule has 2 aromatic rings. The van der Waals surface area contributed by atoms with E-state index in [0.717, 1.165) is 37.8 Å². The van der Waals surface area contributed by atoms with Gasteiger partial charge in [-0.15, -0.1) is 0 Å². The van der Waals surface area contributed by atoms with Gasteiger partial charge in [0.1, 0.15) is 0 Å². The number of carbonyl (C=O) groups is 2. The van der Waals surface area contributed by atoms with Crippen molar-refractivity contribution in [2.24, 2.45) is 16.5 Å². The zero-order chi connectivity index (χ0) is 39.4. The first-order valence-corrected chi connectivity index (χ1v) is 19.9. The molecule has 9 nitrogen and oxygen atoms in total. The first-order chi connectivity index (χ1) is 23.5. The molecule has 2 aromatic carbocycles. The molecular formula is C33H44ClF6N3O6S2. The van der Waals surface area contributed by atoms with Gasteiger partial charge in [-0.2, -0.15) is 31.3 Å². The van der Waals surface area contributed by atoms with E-state index in [-0.39, 0.29) is 53.0 Å². The van der Waals surface area contributed by atoms with Crippen molar-refractivity contribution in [2.75, 3.05) is 11.5 Å². The number of alkyl halides is 6. The summed E-state index contributed by atoms with van der Waals surface area (Å²) >= 11 is 5.34. The van der Waals surface area contributed by atoms with Gasteiger partial charge in [-0.25, -0.2) is 16.8 Å². The molecule has 0 spiro atoms. The van der Waals surface area contributed by atoms with Crippen LogP contribution >= 0.6 is 11.6 Å². The average molecular weight is 792 g/mol. The Hall–Kier alpha value is -3.18. The predicted octanol–water partition coefficient (Wildman–Crippen LogP) is 8.04. The standard InChI is InChI=1S/C17H24F3N3O3S.C16H20ClF3O3S/c1-3-5-6-7-8-27(25,26)14-9-11(4-2)12(15(24)23-16(21)22)10-13(14)17(18,19)20;1-3-5-6-7-8-24(22,23)14-9-11(4-2)12(15(17)21)10-13(14)16(18,19)20/h9-10H,3-8H2,1-2H3,(H4,21,22,23,24);9-10H,3-8H2,1-2H3. The van der Waals surface area contributed by atoms with Crippen molar-refractivity contribution in [1.29, 1.82) is 0 Å². The van der Waals surface area contributed by atoms with E-state index in [2.05, 4.69) is 4.99 Å². The molecule has 0 fully saturated rings. The minimum absolute atomic E-state index is 0.130. The van der Waals surface area contributed by atoms with Crippen LogP contribution in [0.25, 0.3) is 0 Å². The minimum Gasteiger partial charge on any atom is -0.370 e. The Morgan fingerprint density at radius 3 is 1.33 bits per heavy atom. The third kappa shape index (κ3) is 13.7. The first kappa shape index (κ1) is 45.8. The third-order valence-corrected chi connectivity index (χ3v) is 11.5. The van der Waals surface area contributed by atoms with Crippen LogP contribution < -0.4 is 11.5 Å². The Balaban J connectivity index is 0.000000514. The Morgan fingerprint density at radius 2 is 1.02 bits per heavy atom. The van der Waals surface area contributed by atoms with Gasteiger partial charge in [-0.3, -0.25) is 9.59 Å². The topological polar surface area (TPSA) is 167 Å². The van der Waals surface area contributed by atoms with Gasteiger partial charge in [-0.1, -0.05) is 66.2 Å². The molecule has 0 atom stereocenters. The second kappa shape index (κ2) is 19.6. The number of unbranched alkanes of at least 4 members (excludes halogenated alkanes) is 6. The van der Waals surface area contributed by atoms with Crippen LogP contribution in [-0.2, 0) is 44.9 Å². The van der Waals surface area contributed by atoms with Crippen molar-refractivity contribution in [3.63, 3.8) is 0 Å². The molecule has 288 valence electrons. The second-order valence-corrected chi connectivity index (χ2v) is 16.1. The van der Waals surface area contributed by atoms with Crippen LogP contribution in [0.4, 0.5) is 26.3 Å². The fourth-order valence-corrected chi connectivity index (χ4v) is 8.45. The Labute approximate surface area is 300 Å². The van der Waals surface area contributed by atoms with Crippen LogP contribution in [0.5, 0.6) is 0 Å². The minimum atomic E-state index is -4.95. The highest BCUT2D eigenvalue weighted by molar-refractivity contribution is 7.91. The summed E-state index contributed by atoms with van der Waals surface area (Å²) in [4.78, 5) is 25.1. The lowest BCUT2D eigenvalue weighted by Gasteiger charge is -2.17. The van der Waals surface area contributed by atoms with E-state index < -0.39 is 70.1 Å². The number of hydrogen-bond acceptors (Lipinski definition) is 6. The zero-order valence-corrected chi connectivity index (χ0v) is 31.2. The summed E-state index contributed by atoms with van der Waals surface area (Å²) in [6.07, 6.45) is -4.32. The van der Waals surface area contributed by atoms with E-state index >= 15 is 0 Å². The highest BCUT2D eigenvalue weighted by Gasteiger charge is 2.40. The number of amides is 1. The number of benzene rings is 2. The molecular weight excluding hydrogens is 748 g/mol. The molecule has 0 bridgehead atoms. The summed E-state index contributed by atoms with van der Waals surface area (Å²) < 4.78 is 130. The number of nitrogens with two attached hydrogens (primary N) is 2. The van der Waals surface area contributed by atoms with E-state index in [1.807, 2.05) is 13.8 Å². The molecule has 0 saturated carbocycles. The molecule has 0 heterocycles. The number of guanidine groups is 1. The van der Waals surface area contributed by atoms with Crippen LogP contribution in [0.3, 0.4) is 0 Å². The molecule has 0 aliphatic heterocycles. The van der Waals surface area contributed by atoms with E-state index in [1.54, 1.807) is 13.8 Å². The van der Waals surface area contributed by atoms with Crippen LogP contribution in [0.2, 0.25) is 0 Å². The van der Waals surface area contributed by atoms with Crippen molar-refractivity contribution < 1.29 is 52.8 Å². The quantitative estimate of drug-likeness (QED) is 0.0567. The van der Waals surface area contributed by atoms with Gasteiger partial charge >= 0.3 is 12.4 Å². The average Bonchev–Trinajstić information content (AvgIpc) is 3.02. The third-order valence-electron chi connectivity index (χ3n) is 7.66. The normalized spacial score (nSPS) is 12.2. The molecule has 0 aliphatic rings. The first-order valence-electron chi connectivity index (χ1n) is 16.3. The Morgan fingerprint density at radius 1 is 0.647 bits per heavy atom. The SMILES string of the molecule is CCCCCCS(=O)(=O)c1cc(CC)c(C(=O)Cl)cc1C(F)(F)F.CCCCCCS(=O)(=O)c1cc(CC)c(C(=O)N=C(N)N)cc1C(F)(F)F. The fourth-order valence-electron chi connectivity index (χ4n) is 5.00. The number of carbonyl (C=O) groups excluding carboxylic acids is 2. The lowest BCUT2D eigenvalue weighted by Crippen LogP contribution is -2.25. The summed E-state index contributed by atoms with van der Waals surface area (Å²) in [5, 5.41) is -1.04. The van der Waals surface area contributed by atoms with E-state index in [9.17, 15) is 52.8 Å². The summed E-state index contributed by atoms with van der Waals surface area (Å²) in [5.41, 5.74) is 7.15. The van der Waals surface area contributed by atoms with Crippen LogP contribution in [-0.4, -0.2) is 45.5 Å².